The summed E-state index contributed by atoms with van der Waals surface area (Å²) in [7, 11) is 0. The van der Waals surface area contributed by atoms with E-state index in [2.05, 4.69) is 20.2 Å². The highest BCUT2D eigenvalue weighted by molar-refractivity contribution is 6.29. The van der Waals surface area contributed by atoms with E-state index in [1.165, 1.54) is 4.52 Å². The number of hydrogen-bond donors (Lipinski definition) is 1. The van der Waals surface area contributed by atoms with Gasteiger partial charge in [-0.25, -0.2) is 28.6 Å². The zero-order valence-electron chi connectivity index (χ0n) is 23.7. The maximum Gasteiger partial charge on any atom is 0.409 e. The fourth-order valence-corrected chi connectivity index (χ4v) is 5.65. The molecule has 4 aromatic rings. The van der Waals surface area contributed by atoms with Gasteiger partial charge in [0.25, 0.3) is 5.56 Å². The van der Waals surface area contributed by atoms with Crippen molar-refractivity contribution in [1.82, 2.24) is 39.0 Å². The second-order valence-corrected chi connectivity index (χ2v) is 10.6. The highest BCUT2D eigenvalue weighted by Crippen LogP contribution is 2.29. The molecule has 0 bridgehead atoms. The Morgan fingerprint density at radius 3 is 2.00 bits per heavy atom. The Labute approximate surface area is 247 Å². The molecule has 2 amide bonds. The number of ether oxygens (including phenoxy) is 2. The van der Waals surface area contributed by atoms with Gasteiger partial charge >= 0.3 is 12.2 Å². The summed E-state index contributed by atoms with van der Waals surface area (Å²) in [6, 6.07) is 7.06. The van der Waals surface area contributed by atoms with Crippen molar-refractivity contribution in [2.75, 3.05) is 39.4 Å². The van der Waals surface area contributed by atoms with Crippen LogP contribution in [0.5, 0.6) is 0 Å². The predicted molar refractivity (Wildman–Crippen MR) is 155 cm³/mol. The number of fused-ring (bicyclic) bond motifs is 2. The number of piperidine rings is 2. The molecular weight excluding hydrogens is 564 g/mol. The third-order valence-electron chi connectivity index (χ3n) is 7.61. The molecule has 0 aromatic carbocycles. The fraction of sp³-hybridized carbons (Fsp3) is 0.500. The van der Waals surface area contributed by atoms with Gasteiger partial charge in [0.15, 0.2) is 11.3 Å². The van der Waals surface area contributed by atoms with Crippen LogP contribution in [0.25, 0.3) is 11.3 Å². The Balaban J connectivity index is 0.000000168. The van der Waals surface area contributed by atoms with Crippen LogP contribution >= 0.6 is 11.6 Å². The summed E-state index contributed by atoms with van der Waals surface area (Å²) in [6.45, 7) is 7.07. The van der Waals surface area contributed by atoms with E-state index >= 15 is 0 Å². The van der Waals surface area contributed by atoms with Crippen molar-refractivity contribution in [2.24, 2.45) is 0 Å². The number of likely N-dealkylation sites (tertiary alicyclic amines) is 2. The largest absolute Gasteiger partial charge is 0.450 e. The number of rotatable bonds is 4. The van der Waals surface area contributed by atoms with Crippen LogP contribution in [0.1, 0.15) is 62.8 Å². The zero-order chi connectivity index (χ0) is 29.6. The standard InChI is InChI=1S/C14H17ClN4O2.C14H18N4O3/c1-2-21-14(20)18-7-4-10(5-8-18)11-9-12(15)19-13(17-11)3-6-16-19;1-2-21-14(20)17-7-4-10(5-8-17)11-9-13(19)18-12(16-11)3-6-15-18/h3,6,9-10H,2,4-5,7-8H2,1H3;3,6,9-10,15H,2,4-5,7-8H2,1H3. The number of amides is 2. The first kappa shape index (κ1) is 29.4. The lowest BCUT2D eigenvalue weighted by molar-refractivity contribution is 0.0961. The quantitative estimate of drug-likeness (QED) is 0.347. The number of hydrogen-bond acceptors (Lipinski definition) is 8. The Morgan fingerprint density at radius 1 is 0.881 bits per heavy atom. The molecular formula is C28H35ClN8O5. The van der Waals surface area contributed by atoms with Gasteiger partial charge in [-0.1, -0.05) is 11.6 Å². The third-order valence-corrected chi connectivity index (χ3v) is 7.88. The normalized spacial score (nSPS) is 16.4. The maximum absolute atomic E-state index is 12.0. The van der Waals surface area contributed by atoms with E-state index in [0.717, 1.165) is 42.7 Å². The van der Waals surface area contributed by atoms with Gasteiger partial charge in [0.2, 0.25) is 0 Å². The minimum absolute atomic E-state index is 0.104. The number of H-pyrrole nitrogens is 1. The summed E-state index contributed by atoms with van der Waals surface area (Å²) >= 11 is 6.22. The summed E-state index contributed by atoms with van der Waals surface area (Å²) in [5, 5.41) is 7.50. The van der Waals surface area contributed by atoms with Crippen molar-refractivity contribution in [3.63, 3.8) is 0 Å². The van der Waals surface area contributed by atoms with E-state index in [9.17, 15) is 14.4 Å². The van der Waals surface area contributed by atoms with Crippen LogP contribution in [0, 0.1) is 0 Å². The summed E-state index contributed by atoms with van der Waals surface area (Å²) in [5.74, 6) is 0.524. The van der Waals surface area contributed by atoms with Crippen LogP contribution in [0.4, 0.5) is 9.59 Å². The van der Waals surface area contributed by atoms with Gasteiger partial charge in [-0.3, -0.25) is 9.89 Å². The molecule has 0 unspecified atom stereocenters. The van der Waals surface area contributed by atoms with Crippen LogP contribution in [-0.2, 0) is 9.47 Å². The number of nitrogens with zero attached hydrogens (tertiary/aromatic N) is 7. The van der Waals surface area contributed by atoms with Crippen LogP contribution in [0.2, 0.25) is 5.15 Å². The van der Waals surface area contributed by atoms with Crippen molar-refractivity contribution in [2.45, 2.75) is 51.4 Å². The number of nitrogens with one attached hydrogen (secondary N) is 1. The van der Waals surface area contributed by atoms with Gasteiger partial charge in [0, 0.05) is 68.1 Å². The minimum atomic E-state index is -0.259. The molecule has 42 heavy (non-hydrogen) atoms. The van der Waals surface area contributed by atoms with Crippen LogP contribution in [0.15, 0.2) is 41.5 Å². The molecule has 14 heteroatoms. The molecule has 6 rings (SSSR count). The summed E-state index contributed by atoms with van der Waals surface area (Å²) < 4.78 is 13.1. The number of carbonyl (C=O) groups excluding carboxylic acids is 2. The molecule has 0 spiro atoms. The maximum atomic E-state index is 12.0. The Kier molecular flexibility index (Phi) is 9.25. The lowest BCUT2D eigenvalue weighted by atomic mass is 9.93. The average molecular weight is 599 g/mol. The smallest absolute Gasteiger partial charge is 0.409 e. The molecule has 1 N–H and O–H groups in total. The van der Waals surface area contributed by atoms with Crippen molar-refractivity contribution in [3.8, 4) is 0 Å². The molecule has 2 fully saturated rings. The Hall–Kier alpha value is -4.13. The molecule has 0 saturated carbocycles. The van der Waals surface area contributed by atoms with Crippen LogP contribution < -0.4 is 5.56 Å². The topological polar surface area (TPSA) is 139 Å². The molecule has 0 radical (unpaired) electrons. The Morgan fingerprint density at radius 2 is 1.43 bits per heavy atom. The monoisotopic (exact) mass is 598 g/mol. The molecule has 2 aliphatic heterocycles. The molecule has 2 saturated heterocycles. The summed E-state index contributed by atoms with van der Waals surface area (Å²) in [6.07, 6.45) is 6.22. The Bertz CT molecular complexity index is 1580. The van der Waals surface area contributed by atoms with E-state index in [1.54, 1.807) is 45.8 Å². The lowest BCUT2D eigenvalue weighted by Gasteiger charge is -2.31. The fourth-order valence-electron chi connectivity index (χ4n) is 5.40. The SMILES string of the molecule is CCOC(=O)N1CCC(c2cc(=O)n3[nH]ccc3n2)CC1.CCOC(=O)N1CCC(c2cc(Cl)n3nccc3n2)CC1. The number of aromatic nitrogens is 6. The van der Waals surface area contributed by atoms with Crippen LogP contribution in [0.3, 0.4) is 0 Å². The highest BCUT2D eigenvalue weighted by Gasteiger charge is 2.27. The molecule has 0 atom stereocenters. The van der Waals surface area contributed by atoms with Gasteiger partial charge < -0.3 is 19.3 Å². The molecule has 4 aromatic heterocycles. The second kappa shape index (κ2) is 13.2. The van der Waals surface area contributed by atoms with Gasteiger partial charge in [0.1, 0.15) is 5.15 Å². The summed E-state index contributed by atoms with van der Waals surface area (Å²) in [4.78, 5) is 47.9. The molecule has 13 nitrogen and oxygen atoms in total. The van der Waals surface area contributed by atoms with E-state index in [4.69, 9.17) is 21.1 Å². The van der Waals surface area contributed by atoms with Gasteiger partial charge in [-0.2, -0.15) is 5.10 Å². The number of halogens is 1. The van der Waals surface area contributed by atoms with Crippen LogP contribution in [-0.4, -0.2) is 90.6 Å². The third kappa shape index (κ3) is 6.51. The van der Waals surface area contributed by atoms with Gasteiger partial charge in [0.05, 0.1) is 25.1 Å². The van der Waals surface area contributed by atoms with E-state index < -0.39 is 0 Å². The lowest BCUT2D eigenvalue weighted by Crippen LogP contribution is -2.38. The minimum Gasteiger partial charge on any atom is -0.450 e. The van der Waals surface area contributed by atoms with Crippen molar-refractivity contribution in [3.05, 3.63) is 63.6 Å². The first-order chi connectivity index (χ1) is 20.4. The zero-order valence-corrected chi connectivity index (χ0v) is 24.5. The van der Waals surface area contributed by atoms with E-state index in [0.29, 0.717) is 56.1 Å². The molecule has 224 valence electrons. The van der Waals surface area contributed by atoms with Crippen molar-refractivity contribution in [1.29, 1.82) is 0 Å². The van der Waals surface area contributed by atoms with Crippen molar-refractivity contribution < 1.29 is 19.1 Å². The number of aromatic amines is 1. The van der Waals surface area contributed by atoms with E-state index in [-0.39, 0.29) is 23.7 Å². The summed E-state index contributed by atoms with van der Waals surface area (Å²) in [5.41, 5.74) is 3.06. The molecule has 2 aliphatic rings. The first-order valence-electron chi connectivity index (χ1n) is 14.3. The molecule has 6 heterocycles. The molecule has 0 aliphatic carbocycles. The second-order valence-electron chi connectivity index (χ2n) is 10.2. The highest BCUT2D eigenvalue weighted by atomic mass is 35.5. The van der Waals surface area contributed by atoms with E-state index in [1.807, 2.05) is 19.1 Å². The first-order valence-corrected chi connectivity index (χ1v) is 14.7. The number of carbonyl (C=O) groups is 2. The van der Waals surface area contributed by atoms with Gasteiger partial charge in [-0.05, 0) is 45.6 Å². The average Bonchev–Trinajstić information content (AvgIpc) is 3.68. The van der Waals surface area contributed by atoms with Crippen molar-refractivity contribution >= 4 is 35.1 Å². The predicted octanol–water partition coefficient (Wildman–Crippen LogP) is 4.08. The van der Waals surface area contributed by atoms with Gasteiger partial charge in [-0.15, -0.1) is 0 Å².